The van der Waals surface area contributed by atoms with Crippen LogP contribution in [0, 0.1) is 5.92 Å². The number of hydrogen-bond donors (Lipinski definition) is 3. The Balaban J connectivity index is 0.00000280. The number of para-hydroxylation sites is 2. The zero-order valence-electron chi connectivity index (χ0n) is 16.6. The van der Waals surface area contributed by atoms with Crippen molar-refractivity contribution in [2.24, 2.45) is 10.9 Å². The number of nitrogens with zero attached hydrogens (tertiary/aromatic N) is 3. The molecule has 1 heterocycles. The maximum Gasteiger partial charge on any atom is 0.194 e. The Kier molecular flexibility index (Phi) is 9.60. The van der Waals surface area contributed by atoms with Crippen molar-refractivity contribution in [1.29, 1.82) is 0 Å². The van der Waals surface area contributed by atoms with Gasteiger partial charge in [0.1, 0.15) is 5.75 Å². The fourth-order valence-corrected chi connectivity index (χ4v) is 3.22. The molecule has 1 saturated carbocycles. The minimum atomic E-state index is -0.569. The number of aliphatic hydroxyl groups is 1. The van der Waals surface area contributed by atoms with Gasteiger partial charge >= 0.3 is 0 Å². The first-order valence-corrected chi connectivity index (χ1v) is 9.99. The number of aliphatic imine (C=N–C) groups is 1. The van der Waals surface area contributed by atoms with E-state index in [1.807, 2.05) is 25.1 Å². The number of halogens is 1. The quantitative estimate of drug-likeness (QED) is 0.285. The van der Waals surface area contributed by atoms with Crippen LogP contribution in [0.15, 0.2) is 29.3 Å². The van der Waals surface area contributed by atoms with Crippen molar-refractivity contribution in [2.45, 2.75) is 25.9 Å². The maximum atomic E-state index is 10.1. The Morgan fingerprint density at radius 1 is 1.25 bits per heavy atom. The van der Waals surface area contributed by atoms with E-state index in [-0.39, 0.29) is 24.0 Å². The van der Waals surface area contributed by atoms with E-state index in [9.17, 15) is 10.2 Å². The number of aliphatic hydroxyl groups excluding tert-OH is 1. The van der Waals surface area contributed by atoms with Gasteiger partial charge < -0.3 is 30.1 Å². The lowest BCUT2D eigenvalue weighted by molar-refractivity contribution is 0.0367. The normalized spacial score (nSPS) is 18.6. The zero-order valence-corrected chi connectivity index (χ0v) is 18.9. The predicted octanol–water partition coefficient (Wildman–Crippen LogP) is 1.89. The third-order valence-corrected chi connectivity index (χ3v) is 4.95. The third-order valence-electron chi connectivity index (χ3n) is 4.95. The fraction of sp³-hybridized carbons (Fsp3) is 0.650. The van der Waals surface area contributed by atoms with E-state index in [1.165, 1.54) is 12.8 Å². The lowest BCUT2D eigenvalue weighted by atomic mass is 10.2. The smallest absolute Gasteiger partial charge is 0.194 e. The van der Waals surface area contributed by atoms with E-state index in [2.05, 4.69) is 20.1 Å². The minimum absolute atomic E-state index is 0. The van der Waals surface area contributed by atoms with Gasteiger partial charge in [0.25, 0.3) is 0 Å². The van der Waals surface area contributed by atoms with Gasteiger partial charge in [-0.25, -0.2) is 0 Å². The molecule has 2 aliphatic rings. The molecule has 3 rings (SSSR count). The van der Waals surface area contributed by atoms with Crippen molar-refractivity contribution >= 4 is 35.6 Å². The van der Waals surface area contributed by atoms with Gasteiger partial charge in [-0.1, -0.05) is 12.1 Å². The van der Waals surface area contributed by atoms with Crippen molar-refractivity contribution in [3.63, 3.8) is 0 Å². The zero-order chi connectivity index (χ0) is 19.1. The molecule has 1 saturated heterocycles. The van der Waals surface area contributed by atoms with E-state index < -0.39 is 6.10 Å². The molecule has 7 nitrogen and oxygen atoms in total. The molecule has 1 unspecified atom stereocenters. The van der Waals surface area contributed by atoms with Gasteiger partial charge in [0.2, 0.25) is 0 Å². The van der Waals surface area contributed by atoms with Gasteiger partial charge in [0.05, 0.1) is 24.9 Å². The molecule has 158 valence electrons. The number of ether oxygens (including phenoxy) is 1. The van der Waals surface area contributed by atoms with E-state index in [0.717, 1.165) is 51.0 Å². The summed E-state index contributed by atoms with van der Waals surface area (Å²) in [6, 6.07) is 7.45. The van der Waals surface area contributed by atoms with E-state index in [4.69, 9.17) is 4.74 Å². The molecule has 1 aromatic rings. The van der Waals surface area contributed by atoms with Gasteiger partial charge in [-0.3, -0.25) is 4.99 Å². The van der Waals surface area contributed by atoms with Crippen LogP contribution in [0.5, 0.6) is 5.75 Å². The largest absolute Gasteiger partial charge is 0.506 e. The SMILES string of the molecule is CCNC(=NCC(O)COCC1CC1)N1CCN(c2ccccc2O)CC1.I. The highest BCUT2D eigenvalue weighted by molar-refractivity contribution is 14.0. The summed E-state index contributed by atoms with van der Waals surface area (Å²) in [5.41, 5.74) is 0.877. The number of piperazine rings is 1. The molecule has 1 aliphatic heterocycles. The molecule has 3 N–H and O–H groups in total. The molecule has 0 aromatic heterocycles. The molecule has 0 spiro atoms. The summed E-state index contributed by atoms with van der Waals surface area (Å²) in [6.45, 7) is 7.53. The Bertz CT molecular complexity index is 619. The lowest BCUT2D eigenvalue weighted by Gasteiger charge is -2.38. The summed E-state index contributed by atoms with van der Waals surface area (Å²) < 4.78 is 5.55. The first-order chi connectivity index (χ1) is 13.2. The molecule has 1 atom stereocenters. The van der Waals surface area contributed by atoms with Crippen LogP contribution in [0.3, 0.4) is 0 Å². The van der Waals surface area contributed by atoms with E-state index >= 15 is 0 Å². The van der Waals surface area contributed by atoms with Crippen molar-refractivity contribution in [1.82, 2.24) is 10.2 Å². The summed E-state index contributed by atoms with van der Waals surface area (Å²) in [4.78, 5) is 9.00. The molecule has 1 aromatic carbocycles. The van der Waals surface area contributed by atoms with Crippen LogP contribution in [0.2, 0.25) is 0 Å². The van der Waals surface area contributed by atoms with Crippen molar-refractivity contribution in [3.05, 3.63) is 24.3 Å². The molecule has 8 heteroatoms. The second kappa shape index (κ2) is 11.7. The summed E-state index contributed by atoms with van der Waals surface area (Å²) in [6.07, 6.45) is 1.94. The summed E-state index contributed by atoms with van der Waals surface area (Å²) in [7, 11) is 0. The summed E-state index contributed by atoms with van der Waals surface area (Å²) in [5.74, 6) is 1.86. The number of phenols is 1. The van der Waals surface area contributed by atoms with Gasteiger partial charge in [-0.05, 0) is 37.8 Å². The highest BCUT2D eigenvalue weighted by Gasteiger charge is 2.23. The van der Waals surface area contributed by atoms with E-state index in [1.54, 1.807) is 6.07 Å². The number of phenolic OH excluding ortho intramolecular Hbond substituents is 1. The highest BCUT2D eigenvalue weighted by Crippen LogP contribution is 2.29. The summed E-state index contributed by atoms with van der Waals surface area (Å²) >= 11 is 0. The minimum Gasteiger partial charge on any atom is -0.506 e. The molecule has 0 bridgehead atoms. The van der Waals surface area contributed by atoms with Crippen LogP contribution >= 0.6 is 24.0 Å². The number of hydrogen-bond acceptors (Lipinski definition) is 5. The second-order valence-electron chi connectivity index (χ2n) is 7.29. The molecular weight excluding hydrogens is 471 g/mol. The fourth-order valence-electron chi connectivity index (χ4n) is 3.22. The van der Waals surface area contributed by atoms with Gasteiger partial charge in [-0.2, -0.15) is 0 Å². The third kappa shape index (κ3) is 6.97. The Morgan fingerprint density at radius 2 is 1.96 bits per heavy atom. The second-order valence-corrected chi connectivity index (χ2v) is 7.29. The molecule has 0 radical (unpaired) electrons. The van der Waals surface area contributed by atoms with Gasteiger partial charge in [-0.15, -0.1) is 24.0 Å². The molecular formula is C20H33IN4O3. The topological polar surface area (TPSA) is 80.6 Å². The monoisotopic (exact) mass is 504 g/mol. The molecule has 0 amide bonds. The van der Waals surface area contributed by atoms with Crippen LogP contribution in [0.4, 0.5) is 5.69 Å². The maximum absolute atomic E-state index is 10.1. The average Bonchev–Trinajstić information content (AvgIpc) is 3.50. The predicted molar refractivity (Wildman–Crippen MR) is 123 cm³/mol. The van der Waals surface area contributed by atoms with Crippen molar-refractivity contribution in [2.75, 3.05) is 57.4 Å². The van der Waals surface area contributed by atoms with Gasteiger partial charge in [0, 0.05) is 39.3 Å². The van der Waals surface area contributed by atoms with Gasteiger partial charge in [0.15, 0.2) is 5.96 Å². The lowest BCUT2D eigenvalue weighted by Crippen LogP contribution is -2.52. The number of nitrogens with one attached hydrogen (secondary N) is 1. The first-order valence-electron chi connectivity index (χ1n) is 9.99. The van der Waals surface area contributed by atoms with E-state index in [0.29, 0.717) is 24.8 Å². The van der Waals surface area contributed by atoms with Crippen molar-refractivity contribution in [3.8, 4) is 5.75 Å². The molecule has 1 aliphatic carbocycles. The first kappa shape index (κ1) is 23.0. The van der Waals surface area contributed by atoms with Crippen LogP contribution in [0.1, 0.15) is 19.8 Å². The van der Waals surface area contributed by atoms with Crippen LogP contribution in [-0.2, 0) is 4.74 Å². The Labute approximate surface area is 184 Å². The van der Waals surface area contributed by atoms with Crippen LogP contribution in [0.25, 0.3) is 0 Å². The number of benzene rings is 1. The highest BCUT2D eigenvalue weighted by atomic mass is 127. The Morgan fingerprint density at radius 3 is 2.61 bits per heavy atom. The molecule has 2 fully saturated rings. The standard InChI is InChI=1S/C20H32N4O3.HI/c1-2-21-20(22-13-17(25)15-27-14-16-7-8-16)24-11-9-23(10-12-24)18-5-3-4-6-19(18)26;/h3-6,16-17,25-26H,2,7-15H2,1H3,(H,21,22);1H. The number of anilines is 1. The number of guanidine groups is 1. The number of rotatable bonds is 8. The van der Waals surface area contributed by atoms with Crippen molar-refractivity contribution < 1.29 is 14.9 Å². The Hall–Kier alpha value is -1.26. The summed E-state index contributed by atoms with van der Waals surface area (Å²) in [5, 5.41) is 23.5. The van der Waals surface area contributed by atoms with Crippen LogP contribution in [-0.4, -0.2) is 79.7 Å². The number of aromatic hydroxyl groups is 1. The van der Waals surface area contributed by atoms with Crippen LogP contribution < -0.4 is 10.2 Å². The average molecular weight is 504 g/mol. The molecule has 28 heavy (non-hydrogen) atoms.